The van der Waals surface area contributed by atoms with Gasteiger partial charge < -0.3 is 4.74 Å². The minimum atomic E-state index is -3.34. The molecule has 0 N–H and O–H groups in total. The van der Waals surface area contributed by atoms with Gasteiger partial charge in [-0.25, -0.2) is 8.42 Å². The first-order valence-corrected chi connectivity index (χ1v) is 6.78. The van der Waals surface area contributed by atoms with Crippen molar-refractivity contribution in [1.82, 2.24) is 0 Å². The number of halogens is 1. The summed E-state index contributed by atoms with van der Waals surface area (Å²) in [6.07, 6.45) is 1.30. The molecule has 0 amide bonds. The number of benzene rings is 1. The molecule has 0 fully saturated rings. The Morgan fingerprint density at radius 1 is 1.31 bits per heavy atom. The van der Waals surface area contributed by atoms with E-state index in [-0.39, 0.29) is 11.5 Å². The molecule has 0 bridgehead atoms. The Bertz CT molecular complexity index is 563. The number of nitrogens with zero attached hydrogens (tertiary/aromatic N) is 1. The highest BCUT2D eigenvalue weighted by molar-refractivity contribution is 9.10. The first-order chi connectivity index (χ1) is 7.59. The van der Waals surface area contributed by atoms with Crippen LogP contribution in [0, 0.1) is 0 Å². The Hall–Kier alpha value is -1.14. The number of sulfone groups is 1. The lowest BCUT2D eigenvalue weighted by molar-refractivity contribution is 0.356. The van der Waals surface area contributed by atoms with E-state index < -0.39 is 9.84 Å². The minimum absolute atomic E-state index is 0.00898. The van der Waals surface area contributed by atoms with Crippen LogP contribution in [0.5, 0.6) is 5.75 Å². The average molecular weight is 302 g/mol. The average Bonchev–Trinajstić information content (AvgIpc) is 2.57. The van der Waals surface area contributed by atoms with Crippen molar-refractivity contribution in [3.8, 4) is 5.75 Å². The number of rotatable bonds is 3. The van der Waals surface area contributed by atoms with Gasteiger partial charge in [0.15, 0.2) is 0 Å². The third-order valence-electron chi connectivity index (χ3n) is 1.99. The van der Waals surface area contributed by atoms with Crippen molar-refractivity contribution in [3.63, 3.8) is 0 Å². The van der Waals surface area contributed by atoms with Crippen LogP contribution in [-0.2, 0) is 9.84 Å². The molecule has 6 heteroatoms. The minimum Gasteiger partial charge on any atom is -0.487 e. The summed E-state index contributed by atoms with van der Waals surface area (Å²) in [4.78, 5) is 3.76. The number of para-hydroxylation sites is 1. The van der Waals surface area contributed by atoms with E-state index in [0.717, 1.165) is 10.0 Å². The van der Waals surface area contributed by atoms with Crippen molar-refractivity contribution in [3.05, 3.63) is 39.8 Å². The molecule has 2 rings (SSSR count). The van der Waals surface area contributed by atoms with E-state index in [1.54, 1.807) is 6.07 Å². The van der Waals surface area contributed by atoms with Crippen LogP contribution in [0.25, 0.3) is 0 Å². The van der Waals surface area contributed by atoms with Crippen LogP contribution in [0.4, 0.5) is 0 Å². The fourth-order valence-corrected chi connectivity index (χ4v) is 2.35. The predicted molar refractivity (Wildman–Crippen MR) is 65.1 cm³/mol. The van der Waals surface area contributed by atoms with Gasteiger partial charge in [-0.05, 0) is 28.1 Å². The molecule has 0 aromatic heterocycles. The summed E-state index contributed by atoms with van der Waals surface area (Å²) < 4.78 is 28.9. The van der Waals surface area contributed by atoms with Gasteiger partial charge in [-0.3, -0.25) is 4.99 Å². The fourth-order valence-electron chi connectivity index (χ4n) is 1.16. The van der Waals surface area contributed by atoms with E-state index in [1.165, 1.54) is 6.20 Å². The Morgan fingerprint density at radius 2 is 2.06 bits per heavy atom. The van der Waals surface area contributed by atoms with E-state index in [4.69, 9.17) is 4.74 Å². The van der Waals surface area contributed by atoms with Gasteiger partial charge in [-0.2, -0.15) is 0 Å². The molecule has 1 aliphatic rings. The van der Waals surface area contributed by atoms with Gasteiger partial charge >= 0.3 is 0 Å². The van der Waals surface area contributed by atoms with E-state index >= 15 is 0 Å². The SMILES string of the molecule is O=S1(=O)C=NC=C1COc1ccccc1Br. The van der Waals surface area contributed by atoms with Gasteiger partial charge in [0.25, 0.3) is 0 Å². The van der Waals surface area contributed by atoms with Crippen molar-refractivity contribution < 1.29 is 13.2 Å². The van der Waals surface area contributed by atoms with E-state index in [2.05, 4.69) is 20.9 Å². The maximum Gasteiger partial charge on any atom is 0.217 e. The number of hydrogen-bond acceptors (Lipinski definition) is 4. The summed E-state index contributed by atoms with van der Waals surface area (Å²) >= 11 is 3.31. The van der Waals surface area contributed by atoms with Crippen LogP contribution in [0.2, 0.25) is 0 Å². The highest BCUT2D eigenvalue weighted by Crippen LogP contribution is 2.25. The molecule has 0 aliphatic carbocycles. The molecule has 1 aliphatic heterocycles. The van der Waals surface area contributed by atoms with Gasteiger partial charge in [-0.1, -0.05) is 12.1 Å². The van der Waals surface area contributed by atoms with Crippen LogP contribution < -0.4 is 4.74 Å². The predicted octanol–water partition coefficient (Wildman–Crippen LogP) is 2.13. The molecule has 0 saturated heterocycles. The highest BCUT2D eigenvalue weighted by atomic mass is 79.9. The smallest absolute Gasteiger partial charge is 0.217 e. The van der Waals surface area contributed by atoms with Gasteiger partial charge in [-0.15, -0.1) is 0 Å². The molecule has 16 heavy (non-hydrogen) atoms. The standard InChI is InChI=1S/C10H8BrNO3S/c11-9-3-1-2-4-10(9)15-6-8-5-12-7-16(8,13)14/h1-5,7H,6H2. The molecular formula is C10H8BrNO3S. The number of ether oxygens (including phenoxy) is 1. The van der Waals surface area contributed by atoms with Crippen LogP contribution in [-0.4, -0.2) is 20.6 Å². The third kappa shape index (κ3) is 2.33. The normalized spacial score (nSPS) is 17.2. The molecule has 1 aromatic rings. The first kappa shape index (κ1) is 11.3. The van der Waals surface area contributed by atoms with Crippen LogP contribution >= 0.6 is 15.9 Å². The number of aliphatic imine (C=N–C) groups is 1. The maximum absolute atomic E-state index is 11.4. The third-order valence-corrected chi connectivity index (χ3v) is 4.00. The van der Waals surface area contributed by atoms with Gasteiger partial charge in [0, 0.05) is 6.20 Å². The van der Waals surface area contributed by atoms with E-state index in [0.29, 0.717) is 5.75 Å². The van der Waals surface area contributed by atoms with Crippen molar-refractivity contribution in [2.75, 3.05) is 6.61 Å². The van der Waals surface area contributed by atoms with Gasteiger partial charge in [0.1, 0.15) is 22.8 Å². The zero-order chi connectivity index (χ0) is 11.6. The lowest BCUT2D eigenvalue weighted by Gasteiger charge is -2.07. The molecule has 0 spiro atoms. The lowest BCUT2D eigenvalue weighted by atomic mass is 10.3. The molecule has 0 saturated carbocycles. The molecule has 84 valence electrons. The zero-order valence-electron chi connectivity index (χ0n) is 8.13. The van der Waals surface area contributed by atoms with Crippen LogP contribution in [0.1, 0.15) is 0 Å². The summed E-state index contributed by atoms with van der Waals surface area (Å²) in [5, 5.41) is 0. The molecule has 4 nitrogen and oxygen atoms in total. The Labute approximate surface area is 102 Å². The lowest BCUT2D eigenvalue weighted by Crippen LogP contribution is -2.09. The molecule has 0 radical (unpaired) electrons. The molecule has 0 atom stereocenters. The molecule has 1 aromatic carbocycles. The molecular weight excluding hydrogens is 294 g/mol. The maximum atomic E-state index is 11.4. The summed E-state index contributed by atoms with van der Waals surface area (Å²) in [5.74, 6) is 0.602. The largest absolute Gasteiger partial charge is 0.487 e. The Balaban J connectivity index is 2.08. The topological polar surface area (TPSA) is 55.7 Å². The Kier molecular flexibility index (Phi) is 3.11. The Morgan fingerprint density at radius 3 is 2.69 bits per heavy atom. The molecule has 1 heterocycles. The summed E-state index contributed by atoms with van der Waals surface area (Å²) in [6, 6.07) is 7.25. The molecule has 0 unspecified atom stereocenters. The van der Waals surface area contributed by atoms with Crippen molar-refractivity contribution >= 4 is 31.3 Å². The summed E-state index contributed by atoms with van der Waals surface area (Å²) in [7, 11) is -3.34. The second-order valence-electron chi connectivity index (χ2n) is 3.11. The van der Waals surface area contributed by atoms with E-state index in [9.17, 15) is 8.42 Å². The van der Waals surface area contributed by atoms with Gasteiger partial charge in [0.05, 0.1) is 4.47 Å². The van der Waals surface area contributed by atoms with Gasteiger partial charge in [0.2, 0.25) is 9.84 Å². The van der Waals surface area contributed by atoms with Crippen molar-refractivity contribution in [2.45, 2.75) is 0 Å². The highest BCUT2D eigenvalue weighted by Gasteiger charge is 2.20. The van der Waals surface area contributed by atoms with E-state index in [1.807, 2.05) is 18.2 Å². The van der Waals surface area contributed by atoms with Crippen LogP contribution in [0.15, 0.2) is 44.8 Å². The van der Waals surface area contributed by atoms with Crippen molar-refractivity contribution in [2.24, 2.45) is 4.99 Å². The fraction of sp³-hybridized carbons (Fsp3) is 0.100. The second kappa shape index (κ2) is 4.39. The summed E-state index contributed by atoms with van der Waals surface area (Å²) in [5.41, 5.74) is 0.922. The monoisotopic (exact) mass is 301 g/mol. The first-order valence-electron chi connectivity index (χ1n) is 4.44. The quantitative estimate of drug-likeness (QED) is 0.859. The second-order valence-corrected chi connectivity index (χ2v) is 5.79. The van der Waals surface area contributed by atoms with Crippen LogP contribution in [0.3, 0.4) is 0 Å². The van der Waals surface area contributed by atoms with Crippen molar-refractivity contribution in [1.29, 1.82) is 0 Å². The summed E-state index contributed by atoms with van der Waals surface area (Å²) in [6.45, 7) is -0.00898. The number of hydrogen-bond donors (Lipinski definition) is 0. The zero-order valence-corrected chi connectivity index (χ0v) is 10.5.